The largest absolute Gasteiger partial charge is 0.309 e. The highest BCUT2D eigenvalue weighted by Crippen LogP contribution is 2.38. The molecule has 7 aromatic carbocycles. The summed E-state index contributed by atoms with van der Waals surface area (Å²) in [6.45, 7) is 2.20. The van der Waals surface area contributed by atoms with Crippen LogP contribution in [0.4, 0.5) is 0 Å². The number of hydrogen-bond donors (Lipinski definition) is 0. The monoisotopic (exact) mass is 599 g/mol. The summed E-state index contributed by atoms with van der Waals surface area (Å²) in [7, 11) is 0. The van der Waals surface area contributed by atoms with Gasteiger partial charge in [-0.2, -0.15) is 5.26 Å². The lowest BCUT2D eigenvalue weighted by Crippen LogP contribution is -1.97. The van der Waals surface area contributed by atoms with Crippen molar-refractivity contribution < 1.29 is 0 Å². The van der Waals surface area contributed by atoms with Gasteiger partial charge in [-0.25, -0.2) is 0 Å². The van der Waals surface area contributed by atoms with E-state index in [0.29, 0.717) is 5.56 Å². The fraction of sp³-hybridized carbons (Fsp3) is 0.0227. The predicted octanol–water partition coefficient (Wildman–Crippen LogP) is 11.4. The molecule has 0 amide bonds. The number of nitriles is 1. The van der Waals surface area contributed by atoms with E-state index < -0.39 is 0 Å². The summed E-state index contributed by atoms with van der Waals surface area (Å²) < 4.78 is 4.67. The van der Waals surface area contributed by atoms with Crippen LogP contribution in [0, 0.1) is 18.3 Å². The Morgan fingerprint density at radius 1 is 0.468 bits per heavy atom. The van der Waals surface area contributed by atoms with E-state index in [-0.39, 0.29) is 0 Å². The maximum absolute atomic E-state index is 9.93. The van der Waals surface area contributed by atoms with Gasteiger partial charge in [-0.1, -0.05) is 109 Å². The molecule has 9 aromatic rings. The first kappa shape index (κ1) is 27.0. The fourth-order valence-corrected chi connectivity index (χ4v) is 7.43. The molecule has 3 nitrogen and oxygen atoms in total. The Labute approximate surface area is 272 Å². The number of aryl methyl sites for hydroxylation is 1. The van der Waals surface area contributed by atoms with Crippen LogP contribution in [0.25, 0.3) is 77.2 Å². The molecule has 47 heavy (non-hydrogen) atoms. The van der Waals surface area contributed by atoms with E-state index in [1.807, 2.05) is 18.2 Å². The summed E-state index contributed by atoms with van der Waals surface area (Å²) >= 11 is 0. The van der Waals surface area contributed by atoms with Gasteiger partial charge in [-0.15, -0.1) is 0 Å². The highest BCUT2D eigenvalue weighted by molar-refractivity contribution is 6.12. The normalized spacial score (nSPS) is 11.5. The van der Waals surface area contributed by atoms with Crippen LogP contribution in [-0.2, 0) is 0 Å². The Balaban J connectivity index is 1.13. The summed E-state index contributed by atoms with van der Waals surface area (Å²) in [5, 5.41) is 14.6. The van der Waals surface area contributed by atoms with Gasteiger partial charge in [0.25, 0.3) is 0 Å². The lowest BCUT2D eigenvalue weighted by atomic mass is 9.96. The SMILES string of the molecule is Cc1cc(-n2c3ccccc3c3ccccc32)ccc1-c1ccc(-c2ccccc2-n2c3ccccc3c3c(C#N)cccc32)cc1. The molecule has 0 saturated heterocycles. The summed E-state index contributed by atoms with van der Waals surface area (Å²) in [6.07, 6.45) is 0. The molecule has 2 heterocycles. The minimum atomic E-state index is 0.693. The van der Waals surface area contributed by atoms with Crippen LogP contribution in [0.5, 0.6) is 0 Å². The molecule has 9 rings (SSSR count). The second-order valence-electron chi connectivity index (χ2n) is 12.1. The summed E-state index contributed by atoms with van der Waals surface area (Å²) in [4.78, 5) is 0. The van der Waals surface area contributed by atoms with Gasteiger partial charge in [0.15, 0.2) is 0 Å². The molecule has 0 spiro atoms. The van der Waals surface area contributed by atoms with Crippen molar-refractivity contribution in [3.63, 3.8) is 0 Å². The first-order valence-electron chi connectivity index (χ1n) is 15.9. The lowest BCUT2D eigenvalue weighted by Gasteiger charge is -2.15. The highest BCUT2D eigenvalue weighted by atomic mass is 15.0. The summed E-state index contributed by atoms with van der Waals surface area (Å²) in [6, 6.07) is 58.3. The second kappa shape index (κ2) is 10.6. The van der Waals surface area contributed by atoms with Crippen LogP contribution < -0.4 is 0 Å². The van der Waals surface area contributed by atoms with Gasteiger partial charge < -0.3 is 9.13 Å². The minimum absolute atomic E-state index is 0.693. The molecular weight excluding hydrogens is 571 g/mol. The number of fused-ring (bicyclic) bond motifs is 6. The topological polar surface area (TPSA) is 33.6 Å². The van der Waals surface area contributed by atoms with Crippen LogP contribution in [0.15, 0.2) is 158 Å². The van der Waals surface area contributed by atoms with Gasteiger partial charge in [-0.3, -0.25) is 0 Å². The van der Waals surface area contributed by atoms with E-state index in [4.69, 9.17) is 0 Å². The zero-order valence-corrected chi connectivity index (χ0v) is 25.9. The fourth-order valence-electron chi connectivity index (χ4n) is 7.43. The third-order valence-electron chi connectivity index (χ3n) is 9.52. The smallest absolute Gasteiger partial charge is 0.0998 e. The van der Waals surface area contributed by atoms with Crippen molar-refractivity contribution in [3.8, 4) is 39.7 Å². The van der Waals surface area contributed by atoms with Crippen molar-refractivity contribution >= 4 is 43.6 Å². The van der Waals surface area contributed by atoms with Gasteiger partial charge in [0.2, 0.25) is 0 Å². The first-order valence-corrected chi connectivity index (χ1v) is 15.9. The van der Waals surface area contributed by atoms with Gasteiger partial charge in [-0.05, 0) is 77.7 Å². The Morgan fingerprint density at radius 3 is 1.68 bits per heavy atom. The van der Waals surface area contributed by atoms with Crippen molar-refractivity contribution in [3.05, 3.63) is 169 Å². The van der Waals surface area contributed by atoms with Crippen molar-refractivity contribution in [2.24, 2.45) is 0 Å². The van der Waals surface area contributed by atoms with Gasteiger partial charge in [0.05, 0.1) is 39.4 Å². The molecule has 0 unspecified atom stereocenters. The quantitative estimate of drug-likeness (QED) is 0.198. The van der Waals surface area contributed by atoms with Crippen LogP contribution in [0.1, 0.15) is 11.1 Å². The molecule has 3 heteroatoms. The van der Waals surface area contributed by atoms with Gasteiger partial charge >= 0.3 is 0 Å². The number of para-hydroxylation sites is 4. The highest BCUT2D eigenvalue weighted by Gasteiger charge is 2.18. The molecule has 2 aromatic heterocycles. The standard InChI is InChI=1S/C44H29N3/c1-29-27-33(46-40-17-7-3-13-36(40)37-14-4-8-18-41(37)46)25-26-34(29)30-21-23-31(24-22-30)35-12-2-6-16-39(35)47-42-19-9-5-15-38(42)44-32(28-45)11-10-20-43(44)47/h2-27H,1H3. The molecule has 0 atom stereocenters. The Kier molecular flexibility index (Phi) is 6.10. The summed E-state index contributed by atoms with van der Waals surface area (Å²) in [5.74, 6) is 0. The first-order chi connectivity index (χ1) is 23.2. The Morgan fingerprint density at radius 2 is 1.02 bits per heavy atom. The van der Waals surface area contributed by atoms with E-state index in [1.54, 1.807) is 0 Å². The van der Waals surface area contributed by atoms with Crippen LogP contribution in [0.3, 0.4) is 0 Å². The molecule has 0 N–H and O–H groups in total. The molecule has 0 aliphatic heterocycles. The van der Waals surface area contributed by atoms with E-state index in [0.717, 1.165) is 38.6 Å². The average molecular weight is 600 g/mol. The van der Waals surface area contributed by atoms with Crippen LogP contribution >= 0.6 is 0 Å². The molecule has 0 bridgehead atoms. The third-order valence-corrected chi connectivity index (χ3v) is 9.52. The van der Waals surface area contributed by atoms with E-state index in [1.165, 1.54) is 44.2 Å². The van der Waals surface area contributed by atoms with Crippen molar-refractivity contribution in [2.45, 2.75) is 6.92 Å². The number of nitrogens with zero attached hydrogens (tertiary/aromatic N) is 3. The zero-order valence-electron chi connectivity index (χ0n) is 25.9. The van der Waals surface area contributed by atoms with E-state index >= 15 is 0 Å². The van der Waals surface area contributed by atoms with Gasteiger partial charge in [0, 0.05) is 32.8 Å². The van der Waals surface area contributed by atoms with E-state index in [9.17, 15) is 5.26 Å². The maximum atomic E-state index is 9.93. The number of aromatic nitrogens is 2. The molecule has 0 fully saturated rings. The van der Waals surface area contributed by atoms with Crippen molar-refractivity contribution in [2.75, 3.05) is 0 Å². The number of benzene rings is 7. The average Bonchev–Trinajstić information content (AvgIpc) is 3.65. The lowest BCUT2D eigenvalue weighted by molar-refractivity contribution is 1.17. The molecular formula is C44H29N3. The second-order valence-corrected chi connectivity index (χ2v) is 12.1. The minimum Gasteiger partial charge on any atom is -0.309 e. The number of hydrogen-bond acceptors (Lipinski definition) is 1. The number of rotatable bonds is 4. The summed E-state index contributed by atoms with van der Waals surface area (Å²) in [5.41, 5.74) is 13.4. The molecule has 220 valence electrons. The van der Waals surface area contributed by atoms with Crippen LogP contribution in [-0.4, -0.2) is 9.13 Å². The Bertz CT molecular complexity index is 2640. The van der Waals surface area contributed by atoms with Crippen molar-refractivity contribution in [1.82, 2.24) is 9.13 Å². The van der Waals surface area contributed by atoms with Crippen LogP contribution in [0.2, 0.25) is 0 Å². The molecule has 0 saturated carbocycles. The molecule has 0 radical (unpaired) electrons. The third kappa shape index (κ3) is 4.13. The molecule has 0 aliphatic carbocycles. The van der Waals surface area contributed by atoms with Crippen molar-refractivity contribution in [1.29, 1.82) is 5.26 Å². The zero-order chi connectivity index (χ0) is 31.5. The van der Waals surface area contributed by atoms with E-state index in [2.05, 4.69) is 162 Å². The molecule has 0 aliphatic rings. The van der Waals surface area contributed by atoms with Gasteiger partial charge in [0.1, 0.15) is 0 Å². The maximum Gasteiger partial charge on any atom is 0.0998 e. The Hall–Kier alpha value is -6.37. The predicted molar refractivity (Wildman–Crippen MR) is 195 cm³/mol.